The van der Waals surface area contributed by atoms with E-state index < -0.39 is 5.97 Å². The van der Waals surface area contributed by atoms with Gasteiger partial charge < -0.3 is 5.11 Å². The Labute approximate surface area is 124 Å². The van der Waals surface area contributed by atoms with Gasteiger partial charge in [-0.2, -0.15) is 0 Å². The van der Waals surface area contributed by atoms with Crippen molar-refractivity contribution in [2.75, 3.05) is 0 Å². The van der Waals surface area contributed by atoms with Gasteiger partial charge in [0.05, 0.1) is 16.5 Å². The van der Waals surface area contributed by atoms with Crippen molar-refractivity contribution < 1.29 is 9.90 Å². The predicted molar refractivity (Wildman–Crippen MR) is 76.0 cm³/mol. The lowest BCUT2D eigenvalue weighted by molar-refractivity contribution is -0.136. The standard InChI is InChI=1S/C13H8Cl3NO2/c14-9-2-1-3-10(15)12(9)8-4-7(5-11(18)19)6-17-13(8)16/h1-4,6H,5H2,(H,18,19). The van der Waals surface area contributed by atoms with Crippen LogP contribution in [0.5, 0.6) is 0 Å². The number of nitrogens with zero attached hydrogens (tertiary/aromatic N) is 1. The second-order valence-electron chi connectivity index (χ2n) is 3.85. The molecule has 19 heavy (non-hydrogen) atoms. The lowest BCUT2D eigenvalue weighted by Crippen LogP contribution is -2.01. The molecule has 0 spiro atoms. The number of hydrogen-bond acceptors (Lipinski definition) is 2. The minimum atomic E-state index is -0.944. The number of carbonyl (C=O) groups is 1. The van der Waals surface area contributed by atoms with E-state index in [9.17, 15) is 4.79 Å². The highest BCUT2D eigenvalue weighted by Crippen LogP contribution is 2.37. The fourth-order valence-corrected chi connectivity index (χ4v) is 2.49. The van der Waals surface area contributed by atoms with Crippen LogP contribution in [0.1, 0.15) is 5.56 Å². The summed E-state index contributed by atoms with van der Waals surface area (Å²) < 4.78 is 0. The Kier molecular flexibility index (Phi) is 4.30. The van der Waals surface area contributed by atoms with Crippen LogP contribution in [0.2, 0.25) is 15.2 Å². The monoisotopic (exact) mass is 315 g/mol. The van der Waals surface area contributed by atoms with E-state index in [4.69, 9.17) is 39.9 Å². The van der Waals surface area contributed by atoms with E-state index in [1.807, 2.05) is 0 Å². The molecule has 2 aromatic rings. The molecule has 1 heterocycles. The molecule has 0 fully saturated rings. The lowest BCUT2D eigenvalue weighted by atomic mass is 10.0. The fraction of sp³-hybridized carbons (Fsp3) is 0.0769. The first-order valence-electron chi connectivity index (χ1n) is 5.29. The molecular formula is C13H8Cl3NO2. The van der Waals surface area contributed by atoms with E-state index in [0.29, 0.717) is 26.7 Å². The van der Waals surface area contributed by atoms with Crippen molar-refractivity contribution in [2.24, 2.45) is 0 Å². The van der Waals surface area contributed by atoms with E-state index in [-0.39, 0.29) is 11.6 Å². The third-order valence-electron chi connectivity index (χ3n) is 2.48. The normalized spacial score (nSPS) is 10.5. The largest absolute Gasteiger partial charge is 0.481 e. The molecule has 0 bridgehead atoms. The fourth-order valence-electron chi connectivity index (χ4n) is 1.69. The van der Waals surface area contributed by atoms with Crippen LogP contribution in [-0.2, 0) is 11.2 Å². The number of carboxylic acids is 1. The zero-order valence-corrected chi connectivity index (χ0v) is 11.8. The number of rotatable bonds is 3. The van der Waals surface area contributed by atoms with Gasteiger partial charge in [-0.25, -0.2) is 4.98 Å². The predicted octanol–water partition coefficient (Wildman–Crippen LogP) is 4.34. The average Bonchev–Trinajstić information content (AvgIpc) is 2.32. The summed E-state index contributed by atoms with van der Waals surface area (Å²) in [5.41, 5.74) is 1.61. The maximum Gasteiger partial charge on any atom is 0.307 e. The van der Waals surface area contributed by atoms with Crippen molar-refractivity contribution in [3.63, 3.8) is 0 Å². The van der Waals surface area contributed by atoms with Crippen molar-refractivity contribution >= 4 is 40.8 Å². The van der Waals surface area contributed by atoms with Crippen LogP contribution in [0, 0.1) is 0 Å². The molecule has 0 radical (unpaired) electrons. The van der Waals surface area contributed by atoms with Gasteiger partial charge in [-0.15, -0.1) is 0 Å². The number of aliphatic carboxylic acids is 1. The summed E-state index contributed by atoms with van der Waals surface area (Å²) in [6.45, 7) is 0. The zero-order chi connectivity index (χ0) is 14.0. The highest BCUT2D eigenvalue weighted by molar-refractivity contribution is 6.40. The molecular weight excluding hydrogens is 309 g/mol. The average molecular weight is 317 g/mol. The van der Waals surface area contributed by atoms with Crippen LogP contribution in [0.4, 0.5) is 0 Å². The van der Waals surface area contributed by atoms with E-state index in [2.05, 4.69) is 4.98 Å². The maximum atomic E-state index is 10.7. The molecule has 0 aliphatic carbocycles. The minimum absolute atomic E-state index is 0.140. The van der Waals surface area contributed by atoms with Crippen LogP contribution in [0.3, 0.4) is 0 Å². The number of aromatic nitrogens is 1. The van der Waals surface area contributed by atoms with Crippen LogP contribution in [0.25, 0.3) is 11.1 Å². The second-order valence-corrected chi connectivity index (χ2v) is 5.02. The highest BCUT2D eigenvalue weighted by Gasteiger charge is 2.14. The smallest absolute Gasteiger partial charge is 0.307 e. The SMILES string of the molecule is O=C(O)Cc1cnc(Cl)c(-c2c(Cl)cccc2Cl)c1. The molecule has 6 heteroatoms. The van der Waals surface area contributed by atoms with E-state index in [0.717, 1.165) is 0 Å². The molecule has 0 unspecified atom stereocenters. The third-order valence-corrected chi connectivity index (χ3v) is 3.41. The Morgan fingerprint density at radius 1 is 1.21 bits per heavy atom. The molecule has 3 nitrogen and oxygen atoms in total. The molecule has 0 atom stereocenters. The number of hydrogen-bond donors (Lipinski definition) is 1. The number of pyridine rings is 1. The number of benzene rings is 1. The lowest BCUT2D eigenvalue weighted by Gasteiger charge is -2.09. The molecule has 0 saturated carbocycles. The minimum Gasteiger partial charge on any atom is -0.481 e. The first kappa shape index (κ1) is 14.1. The molecule has 0 aliphatic rings. The Balaban J connectivity index is 2.58. The Hall–Kier alpha value is -1.29. The molecule has 0 amide bonds. The Morgan fingerprint density at radius 3 is 2.42 bits per heavy atom. The van der Waals surface area contributed by atoms with Gasteiger partial charge in [0, 0.05) is 17.3 Å². The molecule has 1 N–H and O–H groups in total. The van der Waals surface area contributed by atoms with Gasteiger partial charge in [-0.05, 0) is 23.8 Å². The van der Waals surface area contributed by atoms with Crippen molar-refractivity contribution in [1.29, 1.82) is 0 Å². The summed E-state index contributed by atoms with van der Waals surface area (Å²) in [4.78, 5) is 14.7. The van der Waals surface area contributed by atoms with Crippen molar-refractivity contribution in [3.8, 4) is 11.1 Å². The van der Waals surface area contributed by atoms with E-state index >= 15 is 0 Å². The van der Waals surface area contributed by atoms with E-state index in [1.54, 1.807) is 24.3 Å². The molecule has 98 valence electrons. The van der Waals surface area contributed by atoms with Gasteiger partial charge >= 0.3 is 5.97 Å². The van der Waals surface area contributed by atoms with Gasteiger partial charge in [0.1, 0.15) is 5.15 Å². The molecule has 1 aromatic heterocycles. The maximum absolute atomic E-state index is 10.7. The molecule has 0 saturated heterocycles. The Bertz CT molecular complexity index is 624. The summed E-state index contributed by atoms with van der Waals surface area (Å²) in [7, 11) is 0. The van der Waals surface area contributed by atoms with E-state index in [1.165, 1.54) is 6.20 Å². The summed E-state index contributed by atoms with van der Waals surface area (Å²) in [5.74, 6) is -0.944. The van der Waals surface area contributed by atoms with Crippen molar-refractivity contribution in [2.45, 2.75) is 6.42 Å². The van der Waals surface area contributed by atoms with Gasteiger partial charge in [0.2, 0.25) is 0 Å². The summed E-state index contributed by atoms with van der Waals surface area (Å²) >= 11 is 18.2. The van der Waals surface area contributed by atoms with Crippen molar-refractivity contribution in [1.82, 2.24) is 4.98 Å². The van der Waals surface area contributed by atoms with Crippen LogP contribution in [-0.4, -0.2) is 16.1 Å². The molecule has 1 aromatic carbocycles. The summed E-state index contributed by atoms with van der Waals surface area (Å²) in [6.07, 6.45) is 1.28. The summed E-state index contributed by atoms with van der Waals surface area (Å²) in [5, 5.41) is 9.89. The first-order valence-corrected chi connectivity index (χ1v) is 6.43. The number of halogens is 3. The van der Waals surface area contributed by atoms with Crippen LogP contribution < -0.4 is 0 Å². The van der Waals surface area contributed by atoms with Gasteiger partial charge in [0.15, 0.2) is 0 Å². The molecule has 2 rings (SSSR count). The quantitative estimate of drug-likeness (QED) is 0.857. The topological polar surface area (TPSA) is 50.2 Å². The number of carboxylic acid groups (broad SMARTS) is 1. The van der Waals surface area contributed by atoms with Crippen LogP contribution >= 0.6 is 34.8 Å². The van der Waals surface area contributed by atoms with Gasteiger partial charge in [0.25, 0.3) is 0 Å². The summed E-state index contributed by atoms with van der Waals surface area (Å²) in [6, 6.07) is 6.72. The first-order chi connectivity index (χ1) is 8.99. The second kappa shape index (κ2) is 5.78. The van der Waals surface area contributed by atoms with Gasteiger partial charge in [-0.1, -0.05) is 40.9 Å². The zero-order valence-electron chi connectivity index (χ0n) is 9.53. The Morgan fingerprint density at radius 2 is 1.84 bits per heavy atom. The van der Waals surface area contributed by atoms with Gasteiger partial charge in [-0.3, -0.25) is 4.79 Å². The molecule has 0 aliphatic heterocycles. The highest BCUT2D eigenvalue weighted by atomic mass is 35.5. The van der Waals surface area contributed by atoms with Crippen LogP contribution in [0.15, 0.2) is 30.5 Å². The third kappa shape index (κ3) is 3.18. The van der Waals surface area contributed by atoms with Crippen molar-refractivity contribution in [3.05, 3.63) is 51.2 Å².